The van der Waals surface area contributed by atoms with Crippen molar-refractivity contribution >= 4 is 16.9 Å². The molecule has 0 fully saturated rings. The second kappa shape index (κ2) is 7.60. The Balaban J connectivity index is 1.55. The molecule has 0 aliphatic carbocycles. The standard InChI is InChI=1S/C22H20N2O4S/c1-13-7-8-29(12-13)19-6-4-16(9-14(19)2)21-23-20(24-28-21)11-15-3-5-18(25)17(10-15)22(26)27/h3-10,12,25,29H,11H2,1-2H3,(H,26,27). The molecule has 1 unspecified atom stereocenters. The molecule has 29 heavy (non-hydrogen) atoms. The van der Waals surface area contributed by atoms with Crippen molar-refractivity contribution in [2.75, 3.05) is 0 Å². The normalized spacial score (nSPS) is 16.8. The van der Waals surface area contributed by atoms with Crippen LogP contribution >= 0.6 is 10.9 Å². The highest BCUT2D eigenvalue weighted by Crippen LogP contribution is 2.46. The zero-order valence-electron chi connectivity index (χ0n) is 16.0. The molecule has 148 valence electrons. The van der Waals surface area contributed by atoms with E-state index >= 15 is 0 Å². The average molecular weight is 408 g/mol. The lowest BCUT2D eigenvalue weighted by atomic mass is 10.1. The number of rotatable bonds is 5. The minimum atomic E-state index is -1.18. The molecule has 0 saturated heterocycles. The maximum atomic E-state index is 11.2. The molecule has 0 saturated carbocycles. The molecule has 0 amide bonds. The van der Waals surface area contributed by atoms with Gasteiger partial charge in [0.05, 0.1) is 0 Å². The fourth-order valence-corrected chi connectivity index (χ4v) is 5.25. The van der Waals surface area contributed by atoms with Gasteiger partial charge in [0.2, 0.25) is 0 Å². The van der Waals surface area contributed by atoms with E-state index in [4.69, 9.17) is 9.63 Å². The van der Waals surface area contributed by atoms with Crippen LogP contribution in [0.1, 0.15) is 34.2 Å². The first-order valence-corrected chi connectivity index (χ1v) is 10.5. The van der Waals surface area contributed by atoms with Gasteiger partial charge >= 0.3 is 5.97 Å². The molecular formula is C22H20N2O4S. The summed E-state index contributed by atoms with van der Waals surface area (Å²) in [7, 11) is -0.399. The van der Waals surface area contributed by atoms with Crippen LogP contribution in [0.25, 0.3) is 11.5 Å². The van der Waals surface area contributed by atoms with E-state index in [1.54, 1.807) is 6.07 Å². The van der Waals surface area contributed by atoms with E-state index in [2.05, 4.69) is 46.9 Å². The highest BCUT2D eigenvalue weighted by molar-refractivity contribution is 8.22. The van der Waals surface area contributed by atoms with Crippen molar-refractivity contribution in [3.63, 3.8) is 0 Å². The Labute approximate surface area is 170 Å². The van der Waals surface area contributed by atoms with Crippen molar-refractivity contribution in [3.8, 4) is 17.2 Å². The molecule has 7 heteroatoms. The summed E-state index contributed by atoms with van der Waals surface area (Å²) in [6, 6.07) is 10.6. The Morgan fingerprint density at radius 2 is 2.00 bits per heavy atom. The molecule has 6 nitrogen and oxygen atoms in total. The summed E-state index contributed by atoms with van der Waals surface area (Å²) in [5, 5.41) is 27.3. The number of hydrogen-bond donors (Lipinski definition) is 3. The minimum absolute atomic E-state index is 0.148. The first kappa shape index (κ1) is 19.0. The number of benzene rings is 2. The minimum Gasteiger partial charge on any atom is -0.507 e. The summed E-state index contributed by atoms with van der Waals surface area (Å²) >= 11 is 0. The van der Waals surface area contributed by atoms with E-state index in [9.17, 15) is 9.90 Å². The molecule has 2 N–H and O–H groups in total. The van der Waals surface area contributed by atoms with Gasteiger partial charge in [-0.05, 0) is 76.6 Å². The lowest BCUT2D eigenvalue weighted by Crippen LogP contribution is -1.99. The van der Waals surface area contributed by atoms with E-state index in [1.165, 1.54) is 28.2 Å². The van der Waals surface area contributed by atoms with Crippen LogP contribution in [-0.4, -0.2) is 26.3 Å². The molecule has 1 aliphatic rings. The molecule has 4 rings (SSSR count). The van der Waals surface area contributed by atoms with Gasteiger partial charge in [-0.25, -0.2) is 4.79 Å². The van der Waals surface area contributed by atoms with Crippen molar-refractivity contribution < 1.29 is 19.5 Å². The highest BCUT2D eigenvalue weighted by atomic mass is 32.2. The molecule has 0 spiro atoms. The molecule has 0 bridgehead atoms. The van der Waals surface area contributed by atoms with Crippen LogP contribution < -0.4 is 0 Å². The van der Waals surface area contributed by atoms with Crippen LogP contribution in [-0.2, 0) is 6.42 Å². The summed E-state index contributed by atoms with van der Waals surface area (Å²) in [5.74, 6) is -0.578. The predicted octanol–water partition coefficient (Wildman–Crippen LogP) is 4.83. The molecule has 0 radical (unpaired) electrons. The number of hydrogen-bond acceptors (Lipinski definition) is 5. The highest BCUT2D eigenvalue weighted by Gasteiger charge is 2.15. The van der Waals surface area contributed by atoms with E-state index in [0.717, 1.165) is 5.56 Å². The van der Waals surface area contributed by atoms with E-state index in [-0.39, 0.29) is 11.3 Å². The summed E-state index contributed by atoms with van der Waals surface area (Å²) in [6.07, 6.45) is 2.46. The Hall–Kier alpha value is -3.32. The van der Waals surface area contributed by atoms with Crippen molar-refractivity contribution in [2.45, 2.75) is 25.2 Å². The average Bonchev–Trinajstić information content (AvgIpc) is 3.32. The Bertz CT molecular complexity index is 1160. The number of allylic oxidation sites excluding steroid dienone is 2. The number of aromatic carboxylic acids is 1. The summed E-state index contributed by atoms with van der Waals surface area (Å²) < 4.78 is 5.41. The molecule has 1 atom stereocenters. The number of phenols is 1. The second-order valence-corrected chi connectivity index (χ2v) is 8.80. The number of thiol groups is 1. The second-order valence-electron chi connectivity index (χ2n) is 6.95. The van der Waals surface area contributed by atoms with Gasteiger partial charge in [-0.2, -0.15) is 15.9 Å². The SMILES string of the molecule is CC1=C[SH](c2ccc(-c3nc(Cc4ccc(O)c(C(=O)O)c4)no3)cc2C)C=C1. The van der Waals surface area contributed by atoms with Gasteiger partial charge in [-0.15, -0.1) is 0 Å². The molecule has 3 aromatic rings. The number of aromatic hydroxyl groups is 1. The fraction of sp³-hybridized carbons (Fsp3) is 0.136. The zero-order chi connectivity index (χ0) is 20.5. The lowest BCUT2D eigenvalue weighted by Gasteiger charge is -2.14. The number of nitrogens with zero attached hydrogens (tertiary/aromatic N) is 2. The van der Waals surface area contributed by atoms with Crippen LogP contribution in [0.5, 0.6) is 5.75 Å². The predicted molar refractivity (Wildman–Crippen MR) is 112 cm³/mol. The van der Waals surface area contributed by atoms with Crippen LogP contribution in [0.3, 0.4) is 0 Å². The van der Waals surface area contributed by atoms with E-state index in [1.807, 2.05) is 12.1 Å². The van der Waals surface area contributed by atoms with E-state index < -0.39 is 16.9 Å². The van der Waals surface area contributed by atoms with Crippen molar-refractivity contribution in [1.29, 1.82) is 0 Å². The first-order valence-electron chi connectivity index (χ1n) is 9.04. The summed E-state index contributed by atoms with van der Waals surface area (Å²) in [5.41, 5.74) is 3.84. The van der Waals surface area contributed by atoms with Gasteiger partial charge in [0, 0.05) is 12.0 Å². The molecule has 2 aromatic carbocycles. The Morgan fingerprint density at radius 1 is 1.17 bits per heavy atom. The quantitative estimate of drug-likeness (QED) is 0.523. The summed E-state index contributed by atoms with van der Waals surface area (Å²) in [6.45, 7) is 4.19. The summed E-state index contributed by atoms with van der Waals surface area (Å²) in [4.78, 5) is 16.9. The van der Waals surface area contributed by atoms with Gasteiger partial charge in [0.25, 0.3) is 5.89 Å². The van der Waals surface area contributed by atoms with Gasteiger partial charge in [-0.1, -0.05) is 17.3 Å². The Morgan fingerprint density at radius 3 is 2.69 bits per heavy atom. The van der Waals surface area contributed by atoms with E-state index in [0.29, 0.717) is 23.7 Å². The molecular weight excluding hydrogens is 388 g/mol. The van der Waals surface area contributed by atoms with Crippen molar-refractivity contribution in [3.05, 3.63) is 81.4 Å². The third-order valence-corrected chi connectivity index (χ3v) is 6.90. The van der Waals surface area contributed by atoms with Crippen LogP contribution in [0.2, 0.25) is 0 Å². The van der Waals surface area contributed by atoms with Gasteiger partial charge in [0.1, 0.15) is 11.3 Å². The monoisotopic (exact) mass is 408 g/mol. The number of carbonyl (C=O) groups is 1. The number of aromatic nitrogens is 2. The van der Waals surface area contributed by atoms with Crippen LogP contribution in [0, 0.1) is 6.92 Å². The van der Waals surface area contributed by atoms with Crippen molar-refractivity contribution in [1.82, 2.24) is 10.1 Å². The maximum Gasteiger partial charge on any atom is 0.339 e. The number of carboxylic acids is 1. The number of aryl methyl sites for hydroxylation is 1. The fourth-order valence-electron chi connectivity index (χ4n) is 3.22. The molecule has 1 aliphatic heterocycles. The molecule has 2 heterocycles. The zero-order valence-corrected chi connectivity index (χ0v) is 16.9. The van der Waals surface area contributed by atoms with Gasteiger partial charge in [0.15, 0.2) is 5.82 Å². The van der Waals surface area contributed by atoms with Gasteiger partial charge in [-0.3, -0.25) is 0 Å². The largest absolute Gasteiger partial charge is 0.507 e. The smallest absolute Gasteiger partial charge is 0.339 e. The lowest BCUT2D eigenvalue weighted by molar-refractivity contribution is 0.0693. The third kappa shape index (κ3) is 3.95. The Kier molecular flexibility index (Phi) is 4.98. The number of carboxylic acid groups (broad SMARTS) is 1. The van der Waals surface area contributed by atoms with Gasteiger partial charge < -0.3 is 14.7 Å². The molecule has 1 aromatic heterocycles. The van der Waals surface area contributed by atoms with Crippen LogP contribution in [0.15, 0.2) is 68.3 Å². The first-order chi connectivity index (χ1) is 13.9. The van der Waals surface area contributed by atoms with Crippen LogP contribution in [0.4, 0.5) is 0 Å². The topological polar surface area (TPSA) is 96.5 Å². The maximum absolute atomic E-state index is 11.2. The van der Waals surface area contributed by atoms with Crippen molar-refractivity contribution in [2.24, 2.45) is 0 Å². The third-order valence-electron chi connectivity index (χ3n) is 4.68.